The summed E-state index contributed by atoms with van der Waals surface area (Å²) in [4.78, 5) is 4.64. The van der Waals surface area contributed by atoms with E-state index in [0.29, 0.717) is 6.54 Å². The zero-order valence-electron chi connectivity index (χ0n) is 14.1. The molecule has 0 aromatic carbocycles. The maximum atomic E-state index is 11.2. The first-order valence-electron chi connectivity index (χ1n) is 7.80. The standard InChI is InChI=1S/C15H28N4O2S/c1-15(2,3)19-13-14(11-16-19)12-18-7-5-17(6-8-18)9-10-22(4,20)21/h11,13H,5-10,12H2,1-4H3. The lowest BCUT2D eigenvalue weighted by Gasteiger charge is -2.34. The minimum Gasteiger partial charge on any atom is -0.300 e. The van der Waals surface area contributed by atoms with Crippen molar-refractivity contribution in [3.63, 3.8) is 0 Å². The van der Waals surface area contributed by atoms with Crippen LogP contribution in [0.4, 0.5) is 0 Å². The normalized spacial score (nSPS) is 18.7. The van der Waals surface area contributed by atoms with E-state index in [4.69, 9.17) is 0 Å². The quantitative estimate of drug-likeness (QED) is 0.800. The lowest BCUT2D eigenvalue weighted by Crippen LogP contribution is -2.47. The third-order valence-electron chi connectivity index (χ3n) is 3.97. The second kappa shape index (κ2) is 6.68. The topological polar surface area (TPSA) is 58.4 Å². The Labute approximate surface area is 134 Å². The van der Waals surface area contributed by atoms with Crippen LogP contribution in [0.5, 0.6) is 0 Å². The van der Waals surface area contributed by atoms with Crippen LogP contribution in [0.3, 0.4) is 0 Å². The molecule has 7 heteroatoms. The first-order valence-corrected chi connectivity index (χ1v) is 9.86. The highest BCUT2D eigenvalue weighted by Crippen LogP contribution is 2.15. The van der Waals surface area contributed by atoms with Crippen LogP contribution in [0.2, 0.25) is 0 Å². The van der Waals surface area contributed by atoms with Gasteiger partial charge in [-0.05, 0) is 20.8 Å². The van der Waals surface area contributed by atoms with Crippen LogP contribution in [-0.4, -0.2) is 72.7 Å². The van der Waals surface area contributed by atoms with E-state index in [1.807, 2.05) is 10.9 Å². The van der Waals surface area contributed by atoms with Crippen molar-refractivity contribution >= 4 is 9.84 Å². The van der Waals surface area contributed by atoms with Gasteiger partial charge in [-0.3, -0.25) is 14.5 Å². The highest BCUT2D eigenvalue weighted by atomic mass is 32.2. The van der Waals surface area contributed by atoms with Gasteiger partial charge >= 0.3 is 0 Å². The average Bonchev–Trinajstić information content (AvgIpc) is 2.85. The van der Waals surface area contributed by atoms with E-state index < -0.39 is 9.84 Å². The second-order valence-corrected chi connectivity index (χ2v) is 9.47. The van der Waals surface area contributed by atoms with E-state index in [9.17, 15) is 8.42 Å². The van der Waals surface area contributed by atoms with Crippen LogP contribution >= 0.6 is 0 Å². The molecule has 2 rings (SSSR count). The molecule has 1 saturated heterocycles. The minimum atomic E-state index is -2.86. The summed E-state index contributed by atoms with van der Waals surface area (Å²) < 4.78 is 24.4. The van der Waals surface area contributed by atoms with Crippen molar-refractivity contribution < 1.29 is 8.42 Å². The molecule has 126 valence electrons. The van der Waals surface area contributed by atoms with Gasteiger partial charge in [0, 0.05) is 57.3 Å². The predicted molar refractivity (Wildman–Crippen MR) is 88.7 cm³/mol. The van der Waals surface area contributed by atoms with E-state index in [1.54, 1.807) is 0 Å². The van der Waals surface area contributed by atoms with E-state index >= 15 is 0 Å². The second-order valence-electron chi connectivity index (χ2n) is 7.21. The molecule has 0 saturated carbocycles. The molecular weight excluding hydrogens is 300 g/mol. The number of hydrogen-bond donors (Lipinski definition) is 0. The van der Waals surface area contributed by atoms with Crippen molar-refractivity contribution in [2.75, 3.05) is 44.7 Å². The molecule has 1 aromatic heterocycles. The van der Waals surface area contributed by atoms with Crippen LogP contribution in [0.15, 0.2) is 12.4 Å². The van der Waals surface area contributed by atoms with Gasteiger partial charge in [0.25, 0.3) is 0 Å². The van der Waals surface area contributed by atoms with Crippen LogP contribution in [0.25, 0.3) is 0 Å². The van der Waals surface area contributed by atoms with Gasteiger partial charge in [0.1, 0.15) is 9.84 Å². The maximum Gasteiger partial charge on any atom is 0.148 e. The molecule has 1 aromatic rings. The highest BCUT2D eigenvalue weighted by molar-refractivity contribution is 7.90. The molecule has 0 N–H and O–H groups in total. The maximum absolute atomic E-state index is 11.2. The van der Waals surface area contributed by atoms with E-state index in [2.05, 4.69) is 41.9 Å². The number of nitrogens with zero attached hydrogens (tertiary/aromatic N) is 4. The molecule has 1 fully saturated rings. The Bertz CT molecular complexity index is 581. The Balaban J connectivity index is 1.79. The third kappa shape index (κ3) is 5.37. The van der Waals surface area contributed by atoms with Gasteiger partial charge in [-0.15, -0.1) is 0 Å². The molecule has 1 aliphatic rings. The Kier molecular flexibility index (Phi) is 5.29. The fourth-order valence-corrected chi connectivity index (χ4v) is 3.12. The summed E-state index contributed by atoms with van der Waals surface area (Å²) in [6.07, 6.45) is 5.37. The Morgan fingerprint density at radius 1 is 1.14 bits per heavy atom. The molecule has 1 aliphatic heterocycles. The summed E-state index contributed by atoms with van der Waals surface area (Å²) in [6, 6.07) is 0. The van der Waals surface area contributed by atoms with Crippen molar-refractivity contribution in [3.05, 3.63) is 18.0 Å². The van der Waals surface area contributed by atoms with Crippen LogP contribution < -0.4 is 0 Å². The lowest BCUT2D eigenvalue weighted by molar-refractivity contribution is 0.132. The van der Waals surface area contributed by atoms with E-state index in [0.717, 1.165) is 32.7 Å². The fraction of sp³-hybridized carbons (Fsp3) is 0.800. The van der Waals surface area contributed by atoms with Gasteiger partial charge in [0.15, 0.2) is 0 Å². The molecule has 0 amide bonds. The van der Waals surface area contributed by atoms with Gasteiger partial charge < -0.3 is 0 Å². The zero-order valence-corrected chi connectivity index (χ0v) is 14.9. The smallest absolute Gasteiger partial charge is 0.148 e. The molecule has 22 heavy (non-hydrogen) atoms. The van der Waals surface area contributed by atoms with Crippen molar-refractivity contribution in [1.82, 2.24) is 19.6 Å². The van der Waals surface area contributed by atoms with Gasteiger partial charge in [-0.25, -0.2) is 8.42 Å². The van der Waals surface area contributed by atoms with Crippen LogP contribution in [0.1, 0.15) is 26.3 Å². The molecule has 0 radical (unpaired) electrons. The summed E-state index contributed by atoms with van der Waals surface area (Å²) in [5, 5.41) is 4.44. The first kappa shape index (κ1) is 17.4. The van der Waals surface area contributed by atoms with Crippen molar-refractivity contribution in [1.29, 1.82) is 0 Å². The van der Waals surface area contributed by atoms with Crippen molar-refractivity contribution in [3.8, 4) is 0 Å². The van der Waals surface area contributed by atoms with Crippen LogP contribution in [0, 0.1) is 0 Å². The SMILES string of the molecule is CC(C)(C)n1cc(CN2CCN(CCS(C)(=O)=O)CC2)cn1. The first-order chi connectivity index (χ1) is 10.1. The molecule has 0 spiro atoms. The number of piperazine rings is 1. The average molecular weight is 328 g/mol. The fourth-order valence-electron chi connectivity index (χ4n) is 2.53. The Hall–Kier alpha value is -0.920. The summed E-state index contributed by atoms with van der Waals surface area (Å²) in [6.45, 7) is 11.8. The number of aromatic nitrogens is 2. The minimum absolute atomic E-state index is 0.0165. The van der Waals surface area contributed by atoms with Gasteiger partial charge in [-0.1, -0.05) is 0 Å². The van der Waals surface area contributed by atoms with Gasteiger partial charge in [0.05, 0.1) is 17.5 Å². The summed E-state index contributed by atoms with van der Waals surface area (Å²) in [5.41, 5.74) is 1.25. The molecule has 0 aliphatic carbocycles. The number of hydrogen-bond acceptors (Lipinski definition) is 5. The van der Waals surface area contributed by atoms with E-state index in [-0.39, 0.29) is 11.3 Å². The Morgan fingerprint density at radius 2 is 1.73 bits per heavy atom. The Morgan fingerprint density at radius 3 is 2.23 bits per heavy atom. The molecule has 0 atom stereocenters. The molecule has 6 nitrogen and oxygen atoms in total. The van der Waals surface area contributed by atoms with Crippen molar-refractivity contribution in [2.24, 2.45) is 0 Å². The summed E-state index contributed by atoms with van der Waals surface area (Å²) in [5.74, 6) is 0.255. The summed E-state index contributed by atoms with van der Waals surface area (Å²) >= 11 is 0. The lowest BCUT2D eigenvalue weighted by atomic mass is 10.1. The molecule has 0 bridgehead atoms. The zero-order chi connectivity index (χ0) is 16.4. The third-order valence-corrected chi connectivity index (χ3v) is 4.90. The van der Waals surface area contributed by atoms with Gasteiger partial charge in [0.2, 0.25) is 0 Å². The number of sulfone groups is 1. The van der Waals surface area contributed by atoms with Crippen LogP contribution in [-0.2, 0) is 21.9 Å². The summed E-state index contributed by atoms with van der Waals surface area (Å²) in [7, 11) is -2.86. The molecule has 0 unspecified atom stereocenters. The van der Waals surface area contributed by atoms with Crippen molar-refractivity contribution in [2.45, 2.75) is 32.9 Å². The monoisotopic (exact) mass is 328 g/mol. The largest absolute Gasteiger partial charge is 0.300 e. The highest BCUT2D eigenvalue weighted by Gasteiger charge is 2.19. The van der Waals surface area contributed by atoms with E-state index in [1.165, 1.54) is 11.8 Å². The number of rotatable bonds is 5. The van der Waals surface area contributed by atoms with Gasteiger partial charge in [-0.2, -0.15) is 5.10 Å². The predicted octanol–water partition coefficient (Wildman–Crippen LogP) is 0.800. The molecular formula is C15H28N4O2S. The molecule has 2 heterocycles.